The van der Waals surface area contributed by atoms with Crippen molar-refractivity contribution < 1.29 is 0 Å². The van der Waals surface area contributed by atoms with Crippen molar-refractivity contribution in [1.29, 1.82) is 0 Å². The van der Waals surface area contributed by atoms with E-state index in [4.69, 9.17) is 0 Å². The van der Waals surface area contributed by atoms with Crippen LogP contribution in [-0.4, -0.2) is 0 Å². The number of rotatable bonds is 1. The van der Waals surface area contributed by atoms with E-state index < -0.39 is 0 Å². The van der Waals surface area contributed by atoms with Crippen LogP contribution < -0.4 is 0 Å². The third-order valence-corrected chi connectivity index (χ3v) is 3.27. The average Bonchev–Trinajstić information content (AvgIpc) is 2.24. The van der Waals surface area contributed by atoms with Gasteiger partial charge in [0.25, 0.3) is 0 Å². The Morgan fingerprint density at radius 1 is 1.07 bits per heavy atom. The zero-order valence-electron chi connectivity index (χ0n) is 9.75. The number of hydrogen-bond donors (Lipinski definition) is 0. The van der Waals surface area contributed by atoms with Gasteiger partial charge in [-0.1, -0.05) is 60.6 Å². The Morgan fingerprint density at radius 2 is 1.73 bits per heavy atom. The average molecular weight is 198 g/mol. The Labute approximate surface area is 92.3 Å². The van der Waals surface area contributed by atoms with Gasteiger partial charge >= 0.3 is 0 Å². The molecule has 1 unspecified atom stereocenters. The minimum Gasteiger partial charge on any atom is -0.0804 e. The summed E-state index contributed by atoms with van der Waals surface area (Å²) in [6, 6.07) is 8.88. The lowest BCUT2D eigenvalue weighted by Gasteiger charge is -2.28. The lowest BCUT2D eigenvalue weighted by atomic mass is 9.76. The van der Waals surface area contributed by atoms with Crippen molar-refractivity contribution >= 4 is 0 Å². The maximum Gasteiger partial charge on any atom is 0.0141 e. The number of hydrogen-bond acceptors (Lipinski definition) is 0. The monoisotopic (exact) mass is 198 g/mol. The molecule has 0 bridgehead atoms. The summed E-state index contributed by atoms with van der Waals surface area (Å²) in [6.07, 6.45) is 7.98. The van der Waals surface area contributed by atoms with Crippen molar-refractivity contribution in [1.82, 2.24) is 0 Å². The fraction of sp³-hybridized carbons (Fsp3) is 0.333. The van der Waals surface area contributed by atoms with Gasteiger partial charge in [0.2, 0.25) is 0 Å². The molecule has 1 aromatic rings. The molecule has 0 spiro atoms. The Hall–Kier alpha value is -1.30. The highest BCUT2D eigenvalue weighted by atomic mass is 14.3. The molecule has 1 atom stereocenters. The largest absolute Gasteiger partial charge is 0.0804 e. The summed E-state index contributed by atoms with van der Waals surface area (Å²) in [6.45, 7) is 6.59. The predicted octanol–water partition coefficient (Wildman–Crippen LogP) is 4.16. The first-order valence-corrected chi connectivity index (χ1v) is 5.53. The molecule has 0 N–H and O–H groups in total. The maximum atomic E-state index is 2.33. The maximum absolute atomic E-state index is 2.33. The number of aryl methyl sites for hydroxylation is 1. The van der Waals surface area contributed by atoms with Crippen LogP contribution in [0.3, 0.4) is 0 Å². The summed E-state index contributed by atoms with van der Waals surface area (Å²) in [5.74, 6) is 0. The lowest BCUT2D eigenvalue weighted by Crippen LogP contribution is -2.19. The van der Waals surface area contributed by atoms with E-state index in [9.17, 15) is 0 Å². The molecule has 15 heavy (non-hydrogen) atoms. The summed E-state index contributed by atoms with van der Waals surface area (Å²) in [5, 5.41) is 0. The van der Waals surface area contributed by atoms with Gasteiger partial charge in [0.05, 0.1) is 0 Å². The molecule has 1 aliphatic carbocycles. The van der Waals surface area contributed by atoms with E-state index in [-0.39, 0.29) is 5.41 Å². The van der Waals surface area contributed by atoms with Crippen LogP contribution in [0.2, 0.25) is 0 Å². The van der Waals surface area contributed by atoms with Crippen molar-refractivity contribution in [2.45, 2.75) is 32.6 Å². The minimum absolute atomic E-state index is 0.188. The highest BCUT2D eigenvalue weighted by Crippen LogP contribution is 2.33. The van der Waals surface area contributed by atoms with E-state index in [0.717, 1.165) is 6.42 Å². The van der Waals surface area contributed by atoms with Gasteiger partial charge in [-0.05, 0) is 25.8 Å². The molecule has 2 rings (SSSR count). The van der Waals surface area contributed by atoms with Gasteiger partial charge in [0.15, 0.2) is 0 Å². The van der Waals surface area contributed by atoms with Gasteiger partial charge in [-0.25, -0.2) is 0 Å². The van der Waals surface area contributed by atoms with Crippen molar-refractivity contribution in [2.24, 2.45) is 0 Å². The fourth-order valence-corrected chi connectivity index (χ4v) is 1.97. The van der Waals surface area contributed by atoms with Gasteiger partial charge in [-0.2, -0.15) is 0 Å². The van der Waals surface area contributed by atoms with Crippen LogP contribution in [-0.2, 0) is 5.41 Å². The third-order valence-electron chi connectivity index (χ3n) is 3.27. The molecular weight excluding hydrogens is 180 g/mol. The second kappa shape index (κ2) is 3.69. The van der Waals surface area contributed by atoms with Gasteiger partial charge in [-0.15, -0.1) is 0 Å². The Bertz CT molecular complexity index is 406. The van der Waals surface area contributed by atoms with Gasteiger partial charge in [0.1, 0.15) is 0 Å². The first-order chi connectivity index (χ1) is 7.10. The predicted molar refractivity (Wildman–Crippen MR) is 66.0 cm³/mol. The Kier molecular flexibility index (Phi) is 2.52. The summed E-state index contributed by atoms with van der Waals surface area (Å²) >= 11 is 0. The first kappa shape index (κ1) is 10.2. The Morgan fingerprint density at radius 3 is 2.27 bits per heavy atom. The quantitative estimate of drug-likeness (QED) is 0.635. The molecule has 0 aliphatic heterocycles. The molecule has 0 fully saturated rings. The van der Waals surface area contributed by atoms with E-state index in [1.807, 2.05) is 0 Å². The summed E-state index contributed by atoms with van der Waals surface area (Å²) in [7, 11) is 0. The van der Waals surface area contributed by atoms with Crippen LogP contribution in [0.1, 0.15) is 31.4 Å². The molecule has 0 heterocycles. The highest BCUT2D eigenvalue weighted by molar-refractivity contribution is 5.38. The normalized spacial score (nSPS) is 25.1. The number of benzene rings is 1. The van der Waals surface area contributed by atoms with Gasteiger partial charge in [-0.3, -0.25) is 0 Å². The van der Waals surface area contributed by atoms with E-state index >= 15 is 0 Å². The molecule has 0 amide bonds. The van der Waals surface area contributed by atoms with Crippen LogP contribution >= 0.6 is 0 Å². The molecule has 1 aromatic carbocycles. The minimum atomic E-state index is 0.188. The fourth-order valence-electron chi connectivity index (χ4n) is 1.97. The number of allylic oxidation sites excluding steroid dienone is 4. The lowest BCUT2D eigenvalue weighted by molar-refractivity contribution is 0.596. The SMILES string of the molecule is CC1=CCC(C)(c2ccc(C)cc2)C=C1. The molecule has 78 valence electrons. The van der Waals surface area contributed by atoms with Crippen molar-refractivity contribution in [3.05, 3.63) is 59.2 Å². The van der Waals surface area contributed by atoms with Crippen LogP contribution in [0.15, 0.2) is 48.1 Å². The summed E-state index contributed by atoms with van der Waals surface area (Å²) < 4.78 is 0. The van der Waals surface area contributed by atoms with Crippen molar-refractivity contribution in [2.75, 3.05) is 0 Å². The van der Waals surface area contributed by atoms with E-state index in [1.54, 1.807) is 0 Å². The second-order valence-corrected chi connectivity index (χ2v) is 4.77. The topological polar surface area (TPSA) is 0 Å². The zero-order valence-corrected chi connectivity index (χ0v) is 9.75. The first-order valence-electron chi connectivity index (χ1n) is 5.53. The van der Waals surface area contributed by atoms with Gasteiger partial charge in [0, 0.05) is 5.41 Å². The van der Waals surface area contributed by atoms with E-state index in [0.29, 0.717) is 0 Å². The van der Waals surface area contributed by atoms with Crippen LogP contribution in [0, 0.1) is 6.92 Å². The molecule has 0 saturated carbocycles. The summed E-state index contributed by atoms with van der Waals surface area (Å²) in [4.78, 5) is 0. The molecular formula is C15H18. The van der Waals surface area contributed by atoms with E-state index in [1.165, 1.54) is 16.7 Å². The smallest absolute Gasteiger partial charge is 0.0141 e. The molecule has 1 aliphatic rings. The second-order valence-electron chi connectivity index (χ2n) is 4.77. The van der Waals surface area contributed by atoms with Crippen molar-refractivity contribution in [3.63, 3.8) is 0 Å². The van der Waals surface area contributed by atoms with Crippen LogP contribution in [0.4, 0.5) is 0 Å². The molecule has 0 aromatic heterocycles. The highest BCUT2D eigenvalue weighted by Gasteiger charge is 2.23. The zero-order chi connectivity index (χ0) is 10.9. The van der Waals surface area contributed by atoms with E-state index in [2.05, 4.69) is 63.3 Å². The van der Waals surface area contributed by atoms with Crippen LogP contribution in [0.5, 0.6) is 0 Å². The third kappa shape index (κ3) is 2.04. The molecule has 0 nitrogen and oxygen atoms in total. The molecule has 0 radical (unpaired) electrons. The van der Waals surface area contributed by atoms with Crippen LogP contribution in [0.25, 0.3) is 0 Å². The molecule has 0 saturated heterocycles. The van der Waals surface area contributed by atoms with Gasteiger partial charge < -0.3 is 0 Å². The molecule has 0 heteroatoms. The summed E-state index contributed by atoms with van der Waals surface area (Å²) in [5.41, 5.74) is 4.30. The standard InChI is InChI=1S/C15H18/c1-12-4-6-14(7-5-12)15(3)10-8-13(2)9-11-15/h4-10H,11H2,1-3H3. The Balaban J connectivity index is 2.32. The van der Waals surface area contributed by atoms with Crippen molar-refractivity contribution in [3.8, 4) is 0 Å².